The molecule has 0 radical (unpaired) electrons. The molecule has 3 heteroatoms. The molecule has 0 heterocycles. The molecule has 80 valence electrons. The largest absolute Gasteiger partial charge is 0.395 e. The van der Waals surface area contributed by atoms with E-state index >= 15 is 0 Å². The van der Waals surface area contributed by atoms with E-state index in [9.17, 15) is 4.79 Å². The zero-order chi connectivity index (χ0) is 10.9. The van der Waals surface area contributed by atoms with Crippen LogP contribution < -0.4 is 0 Å². The maximum atomic E-state index is 10.9. The lowest BCUT2D eigenvalue weighted by Crippen LogP contribution is -2.34. The van der Waals surface area contributed by atoms with Gasteiger partial charge < -0.3 is 10.0 Å². The van der Waals surface area contributed by atoms with E-state index in [1.165, 1.54) is 6.92 Å². The Morgan fingerprint density at radius 1 is 1.38 bits per heavy atom. The Morgan fingerprint density at radius 2 is 1.85 bits per heavy atom. The van der Waals surface area contributed by atoms with E-state index in [0.717, 1.165) is 6.54 Å². The molecule has 0 fully saturated rings. The van der Waals surface area contributed by atoms with Crippen LogP contribution in [0, 0.1) is 5.92 Å². The summed E-state index contributed by atoms with van der Waals surface area (Å²) in [6.45, 7) is 10.9. The summed E-state index contributed by atoms with van der Waals surface area (Å²) in [5, 5.41) is 8.60. The normalized spacial score (nSPS) is 9.15. The molecule has 0 saturated heterocycles. The summed E-state index contributed by atoms with van der Waals surface area (Å²) >= 11 is 0. The minimum atomic E-state index is 0.0350. The first-order chi connectivity index (χ1) is 6.07. The summed E-state index contributed by atoms with van der Waals surface area (Å²) in [7, 11) is 0. The summed E-state index contributed by atoms with van der Waals surface area (Å²) in [5.74, 6) is 0.498. The predicted molar refractivity (Wildman–Crippen MR) is 55.5 cm³/mol. The van der Waals surface area contributed by atoms with Gasteiger partial charge in [0.1, 0.15) is 0 Å². The van der Waals surface area contributed by atoms with Crippen molar-refractivity contribution in [2.75, 3.05) is 19.7 Å². The first-order valence-corrected chi connectivity index (χ1v) is 4.94. The molecule has 13 heavy (non-hydrogen) atoms. The number of hydrogen-bond donors (Lipinski definition) is 1. The Bertz CT molecular complexity index is 124. The van der Waals surface area contributed by atoms with Crippen molar-refractivity contribution in [2.24, 2.45) is 5.92 Å². The van der Waals surface area contributed by atoms with Gasteiger partial charge in [-0.2, -0.15) is 0 Å². The molecule has 3 nitrogen and oxygen atoms in total. The Kier molecular flexibility index (Phi) is 10.9. The van der Waals surface area contributed by atoms with E-state index < -0.39 is 0 Å². The number of nitrogens with zero attached hydrogens (tertiary/aromatic N) is 1. The number of aliphatic hydroxyl groups is 1. The van der Waals surface area contributed by atoms with Crippen molar-refractivity contribution in [1.29, 1.82) is 0 Å². The maximum absolute atomic E-state index is 10.9. The molecule has 1 N–H and O–H groups in total. The molecule has 1 amide bonds. The van der Waals surface area contributed by atoms with Gasteiger partial charge in [0.25, 0.3) is 0 Å². The molecule has 0 atom stereocenters. The molecule has 0 rings (SSSR count). The van der Waals surface area contributed by atoms with E-state index in [1.54, 1.807) is 4.90 Å². The van der Waals surface area contributed by atoms with Gasteiger partial charge in [0.15, 0.2) is 0 Å². The second-order valence-electron chi connectivity index (χ2n) is 3.08. The van der Waals surface area contributed by atoms with Crippen molar-refractivity contribution in [3.8, 4) is 0 Å². The molecular weight excluding hydrogens is 166 g/mol. The first-order valence-electron chi connectivity index (χ1n) is 4.94. The van der Waals surface area contributed by atoms with Crippen LogP contribution >= 0.6 is 0 Å². The van der Waals surface area contributed by atoms with E-state index in [2.05, 4.69) is 0 Å². The number of aliphatic hydroxyl groups excluding tert-OH is 1. The van der Waals surface area contributed by atoms with Crippen molar-refractivity contribution < 1.29 is 9.90 Å². The van der Waals surface area contributed by atoms with E-state index in [1.807, 2.05) is 27.7 Å². The third-order valence-corrected chi connectivity index (χ3v) is 1.40. The average molecular weight is 189 g/mol. The van der Waals surface area contributed by atoms with Crippen LogP contribution in [0.4, 0.5) is 0 Å². The molecule has 0 bridgehead atoms. The molecule has 0 spiro atoms. The van der Waals surface area contributed by atoms with Gasteiger partial charge in [-0.1, -0.05) is 27.7 Å². The quantitative estimate of drug-likeness (QED) is 0.728. The third kappa shape index (κ3) is 9.34. The highest BCUT2D eigenvalue weighted by molar-refractivity contribution is 5.73. The van der Waals surface area contributed by atoms with Crippen molar-refractivity contribution >= 4 is 5.91 Å². The zero-order valence-electron chi connectivity index (χ0n) is 9.50. The smallest absolute Gasteiger partial charge is 0.219 e. The Labute approximate surface area is 81.7 Å². The van der Waals surface area contributed by atoms with E-state index in [0.29, 0.717) is 12.5 Å². The van der Waals surface area contributed by atoms with Gasteiger partial charge in [0.05, 0.1) is 6.61 Å². The van der Waals surface area contributed by atoms with Crippen molar-refractivity contribution in [2.45, 2.75) is 34.6 Å². The minimum Gasteiger partial charge on any atom is -0.395 e. The lowest BCUT2D eigenvalue weighted by atomic mass is 10.2. The molecule has 0 aliphatic heterocycles. The van der Waals surface area contributed by atoms with Crippen molar-refractivity contribution in [3.05, 3.63) is 0 Å². The van der Waals surface area contributed by atoms with Crippen molar-refractivity contribution in [3.63, 3.8) is 0 Å². The number of carbonyl (C=O) groups is 1. The van der Waals surface area contributed by atoms with Crippen LogP contribution in [-0.4, -0.2) is 35.6 Å². The summed E-state index contributed by atoms with van der Waals surface area (Å²) in [6.07, 6.45) is 0. The summed E-state index contributed by atoms with van der Waals surface area (Å²) in [6, 6.07) is 0. The fourth-order valence-corrected chi connectivity index (χ4v) is 0.939. The highest BCUT2D eigenvalue weighted by Crippen LogP contribution is 1.97. The molecule has 0 unspecified atom stereocenters. The predicted octanol–water partition coefficient (Wildman–Crippen LogP) is 1.51. The third-order valence-electron chi connectivity index (χ3n) is 1.40. The van der Waals surface area contributed by atoms with Gasteiger partial charge in [-0.15, -0.1) is 0 Å². The highest BCUT2D eigenvalue weighted by Gasteiger charge is 2.08. The van der Waals surface area contributed by atoms with Gasteiger partial charge in [-0.25, -0.2) is 0 Å². The van der Waals surface area contributed by atoms with E-state index in [-0.39, 0.29) is 12.5 Å². The fraction of sp³-hybridized carbons (Fsp3) is 0.900. The van der Waals surface area contributed by atoms with Crippen LogP contribution in [0.1, 0.15) is 34.6 Å². The fourth-order valence-electron chi connectivity index (χ4n) is 0.939. The topological polar surface area (TPSA) is 40.5 Å². The molecule has 0 aromatic heterocycles. The van der Waals surface area contributed by atoms with Crippen LogP contribution in [0.5, 0.6) is 0 Å². The van der Waals surface area contributed by atoms with E-state index in [4.69, 9.17) is 5.11 Å². The number of hydrogen-bond acceptors (Lipinski definition) is 2. The van der Waals surface area contributed by atoms with Crippen molar-refractivity contribution in [1.82, 2.24) is 4.90 Å². The van der Waals surface area contributed by atoms with Crippen LogP contribution in [0.15, 0.2) is 0 Å². The second kappa shape index (κ2) is 9.52. The Hall–Kier alpha value is -0.570. The summed E-state index contributed by atoms with van der Waals surface area (Å²) in [4.78, 5) is 12.5. The van der Waals surface area contributed by atoms with Gasteiger partial charge in [-0.3, -0.25) is 4.79 Å². The molecule has 0 aromatic rings. The summed E-state index contributed by atoms with van der Waals surface area (Å²) in [5.41, 5.74) is 0. The maximum Gasteiger partial charge on any atom is 0.219 e. The Balaban J connectivity index is 0. The molecular formula is C10H23NO2. The van der Waals surface area contributed by atoms with Crippen LogP contribution in [-0.2, 0) is 4.79 Å². The molecule has 0 aliphatic carbocycles. The van der Waals surface area contributed by atoms with Gasteiger partial charge in [0.2, 0.25) is 5.91 Å². The van der Waals surface area contributed by atoms with Gasteiger partial charge in [0, 0.05) is 20.0 Å². The van der Waals surface area contributed by atoms with Crippen LogP contribution in [0.25, 0.3) is 0 Å². The van der Waals surface area contributed by atoms with Gasteiger partial charge >= 0.3 is 0 Å². The van der Waals surface area contributed by atoms with Gasteiger partial charge in [-0.05, 0) is 5.92 Å². The lowest BCUT2D eigenvalue weighted by molar-refractivity contribution is -0.129. The number of carbonyl (C=O) groups excluding carboxylic acids is 1. The number of rotatable bonds is 4. The zero-order valence-corrected chi connectivity index (χ0v) is 9.50. The lowest BCUT2D eigenvalue weighted by Gasteiger charge is -2.21. The molecule has 0 aromatic carbocycles. The molecule has 0 aliphatic rings. The van der Waals surface area contributed by atoms with Crippen LogP contribution in [0.2, 0.25) is 0 Å². The van der Waals surface area contributed by atoms with Crippen LogP contribution in [0.3, 0.4) is 0 Å². The first kappa shape index (κ1) is 14.9. The summed E-state index contributed by atoms with van der Waals surface area (Å²) < 4.78 is 0. The second-order valence-corrected chi connectivity index (χ2v) is 3.08. The average Bonchev–Trinajstić information content (AvgIpc) is 2.06. The standard InChI is InChI=1S/C8H17NO2.C2H6/c1-7(2)6-9(4-5-10)8(3)11;1-2/h7,10H,4-6H2,1-3H3;1-2H3. The monoisotopic (exact) mass is 189 g/mol. The minimum absolute atomic E-state index is 0.0350. The number of amides is 1. The SMILES string of the molecule is CC.CC(=O)N(CCO)CC(C)C. The Morgan fingerprint density at radius 3 is 2.08 bits per heavy atom. The highest BCUT2D eigenvalue weighted by atomic mass is 16.3. The molecule has 0 saturated carbocycles.